The Morgan fingerprint density at radius 1 is 1.35 bits per heavy atom. The lowest BCUT2D eigenvalue weighted by Crippen LogP contribution is -2.39. The summed E-state index contributed by atoms with van der Waals surface area (Å²) < 4.78 is 0. The minimum absolute atomic E-state index is 0.273. The first-order valence-corrected chi connectivity index (χ1v) is 7.65. The summed E-state index contributed by atoms with van der Waals surface area (Å²) in [5.41, 5.74) is 0. The zero-order valence-electron chi connectivity index (χ0n) is 11.5. The normalized spacial score (nSPS) is 19.4. The van der Waals surface area contributed by atoms with Gasteiger partial charge in [0.1, 0.15) is 0 Å². The quantitative estimate of drug-likeness (QED) is 0.818. The molecule has 1 fully saturated rings. The van der Waals surface area contributed by atoms with Crippen LogP contribution in [0.2, 0.25) is 0 Å². The number of amides is 1. The molecule has 0 radical (unpaired) electrons. The van der Waals surface area contributed by atoms with Gasteiger partial charge < -0.3 is 10.2 Å². The third-order valence-electron chi connectivity index (χ3n) is 3.70. The number of nitrogens with one attached hydrogen (secondary N) is 1. The van der Waals surface area contributed by atoms with Crippen LogP contribution in [0.5, 0.6) is 0 Å². The lowest BCUT2D eigenvalue weighted by Gasteiger charge is -2.29. The van der Waals surface area contributed by atoms with E-state index in [1.54, 1.807) is 0 Å². The zero-order valence-corrected chi connectivity index (χ0v) is 12.3. The summed E-state index contributed by atoms with van der Waals surface area (Å²) in [6.45, 7) is 8.65. The Morgan fingerprint density at radius 2 is 1.94 bits per heavy atom. The van der Waals surface area contributed by atoms with Gasteiger partial charge in [0.05, 0.1) is 5.75 Å². The SMILES string of the molecule is CC(C)C(C)N(C)C(=O)CSC1CCNCC1. The molecule has 0 saturated carbocycles. The summed E-state index contributed by atoms with van der Waals surface area (Å²) in [7, 11) is 1.93. The lowest BCUT2D eigenvalue weighted by molar-refractivity contribution is -0.129. The highest BCUT2D eigenvalue weighted by molar-refractivity contribution is 8.00. The molecule has 17 heavy (non-hydrogen) atoms. The number of nitrogens with zero attached hydrogens (tertiary/aromatic N) is 1. The minimum atomic E-state index is 0.273. The number of carbonyl (C=O) groups is 1. The van der Waals surface area contributed by atoms with Crippen molar-refractivity contribution >= 4 is 17.7 Å². The van der Waals surface area contributed by atoms with E-state index in [0.717, 1.165) is 13.1 Å². The van der Waals surface area contributed by atoms with Crippen LogP contribution in [0.15, 0.2) is 0 Å². The van der Waals surface area contributed by atoms with Crippen LogP contribution >= 0.6 is 11.8 Å². The van der Waals surface area contributed by atoms with Gasteiger partial charge in [-0.15, -0.1) is 11.8 Å². The van der Waals surface area contributed by atoms with Crippen molar-refractivity contribution in [3.05, 3.63) is 0 Å². The van der Waals surface area contributed by atoms with Crippen molar-refractivity contribution in [2.45, 2.75) is 44.9 Å². The van der Waals surface area contributed by atoms with E-state index in [9.17, 15) is 4.79 Å². The summed E-state index contributed by atoms with van der Waals surface area (Å²) in [5, 5.41) is 4.02. The molecule has 0 spiro atoms. The van der Waals surface area contributed by atoms with E-state index in [1.165, 1.54) is 12.8 Å². The second-order valence-corrected chi connectivity index (χ2v) is 6.54. The standard InChI is InChI=1S/C13H26N2OS/c1-10(2)11(3)15(4)13(16)9-17-12-5-7-14-8-6-12/h10-12,14H,5-9H2,1-4H3. The van der Waals surface area contributed by atoms with E-state index in [-0.39, 0.29) is 5.91 Å². The maximum atomic E-state index is 12.0. The molecule has 1 N–H and O–H groups in total. The van der Waals surface area contributed by atoms with Gasteiger partial charge in [-0.1, -0.05) is 13.8 Å². The van der Waals surface area contributed by atoms with Crippen LogP contribution in [-0.2, 0) is 4.79 Å². The summed E-state index contributed by atoms with van der Waals surface area (Å²) in [5.74, 6) is 1.43. The average molecular weight is 258 g/mol. The van der Waals surface area contributed by atoms with Crippen LogP contribution in [0.25, 0.3) is 0 Å². The monoisotopic (exact) mass is 258 g/mol. The lowest BCUT2D eigenvalue weighted by atomic mass is 10.1. The molecule has 1 atom stereocenters. The van der Waals surface area contributed by atoms with Crippen molar-refractivity contribution in [3.63, 3.8) is 0 Å². The Labute approximate surface area is 110 Å². The van der Waals surface area contributed by atoms with Crippen LogP contribution in [0, 0.1) is 5.92 Å². The van der Waals surface area contributed by atoms with Crippen molar-refractivity contribution in [1.29, 1.82) is 0 Å². The largest absolute Gasteiger partial charge is 0.342 e. The second kappa shape index (κ2) is 7.27. The fourth-order valence-corrected chi connectivity index (χ4v) is 3.08. The fraction of sp³-hybridized carbons (Fsp3) is 0.923. The van der Waals surface area contributed by atoms with Gasteiger partial charge >= 0.3 is 0 Å². The summed E-state index contributed by atoms with van der Waals surface area (Å²) in [6, 6.07) is 0.330. The molecule has 1 rings (SSSR count). The van der Waals surface area contributed by atoms with Crippen molar-refractivity contribution in [1.82, 2.24) is 10.2 Å². The molecule has 3 nitrogen and oxygen atoms in total. The van der Waals surface area contributed by atoms with Gasteiger partial charge in [-0.25, -0.2) is 0 Å². The Balaban J connectivity index is 2.28. The first-order chi connectivity index (χ1) is 8.02. The summed E-state index contributed by atoms with van der Waals surface area (Å²) >= 11 is 1.83. The first-order valence-electron chi connectivity index (χ1n) is 6.60. The van der Waals surface area contributed by atoms with Crippen LogP contribution < -0.4 is 5.32 Å². The van der Waals surface area contributed by atoms with E-state index in [4.69, 9.17) is 0 Å². The maximum Gasteiger partial charge on any atom is 0.232 e. The predicted octanol–water partition coefficient (Wildman–Crippen LogP) is 1.97. The van der Waals surface area contributed by atoms with Gasteiger partial charge in [-0.05, 0) is 38.8 Å². The molecule has 0 aromatic heterocycles. The summed E-state index contributed by atoms with van der Waals surface area (Å²) in [6.07, 6.45) is 2.39. The molecular weight excluding hydrogens is 232 g/mol. The molecule has 1 aliphatic rings. The second-order valence-electron chi connectivity index (χ2n) is 5.25. The Hall–Kier alpha value is -0.220. The third-order valence-corrected chi connectivity index (χ3v) is 5.05. The fourth-order valence-electron chi connectivity index (χ4n) is 1.93. The smallest absolute Gasteiger partial charge is 0.232 e. The molecule has 0 bridgehead atoms. The predicted molar refractivity (Wildman–Crippen MR) is 75.4 cm³/mol. The Bertz CT molecular complexity index is 240. The van der Waals surface area contributed by atoms with Crippen molar-refractivity contribution in [2.75, 3.05) is 25.9 Å². The highest BCUT2D eigenvalue weighted by Crippen LogP contribution is 2.21. The molecular formula is C13H26N2OS. The van der Waals surface area contributed by atoms with Gasteiger partial charge in [0, 0.05) is 18.3 Å². The summed E-state index contributed by atoms with van der Waals surface area (Å²) in [4.78, 5) is 13.9. The maximum absolute atomic E-state index is 12.0. The van der Waals surface area contributed by atoms with E-state index < -0.39 is 0 Å². The minimum Gasteiger partial charge on any atom is -0.342 e. The molecule has 1 heterocycles. The zero-order chi connectivity index (χ0) is 12.8. The Kier molecular flexibility index (Phi) is 6.34. The average Bonchev–Trinajstić information content (AvgIpc) is 2.35. The van der Waals surface area contributed by atoms with Crippen molar-refractivity contribution in [2.24, 2.45) is 5.92 Å². The number of hydrogen-bond donors (Lipinski definition) is 1. The van der Waals surface area contributed by atoms with Crippen LogP contribution in [0.1, 0.15) is 33.6 Å². The number of rotatable bonds is 5. The first kappa shape index (κ1) is 14.8. The molecule has 100 valence electrons. The molecule has 1 unspecified atom stereocenters. The van der Waals surface area contributed by atoms with E-state index in [2.05, 4.69) is 26.1 Å². The van der Waals surface area contributed by atoms with Crippen LogP contribution in [0.3, 0.4) is 0 Å². The van der Waals surface area contributed by atoms with E-state index in [1.807, 2.05) is 23.7 Å². The molecule has 4 heteroatoms. The topological polar surface area (TPSA) is 32.3 Å². The van der Waals surface area contributed by atoms with E-state index in [0.29, 0.717) is 23.0 Å². The van der Waals surface area contributed by atoms with Crippen molar-refractivity contribution < 1.29 is 4.79 Å². The molecule has 0 aliphatic carbocycles. The molecule has 1 amide bonds. The molecule has 0 aromatic rings. The number of thioether (sulfide) groups is 1. The van der Waals surface area contributed by atoms with Crippen molar-refractivity contribution in [3.8, 4) is 0 Å². The number of piperidine rings is 1. The molecule has 0 aromatic carbocycles. The number of hydrogen-bond acceptors (Lipinski definition) is 3. The van der Waals surface area contributed by atoms with Crippen LogP contribution in [0.4, 0.5) is 0 Å². The van der Waals surface area contributed by atoms with Gasteiger partial charge in [0.2, 0.25) is 5.91 Å². The van der Waals surface area contributed by atoms with Gasteiger partial charge in [-0.2, -0.15) is 0 Å². The molecule has 1 saturated heterocycles. The highest BCUT2D eigenvalue weighted by Gasteiger charge is 2.20. The molecule has 1 aliphatic heterocycles. The third kappa shape index (κ3) is 4.88. The van der Waals surface area contributed by atoms with E-state index >= 15 is 0 Å². The number of carbonyl (C=O) groups excluding carboxylic acids is 1. The highest BCUT2D eigenvalue weighted by atomic mass is 32.2. The van der Waals surface area contributed by atoms with Gasteiger partial charge in [0.25, 0.3) is 0 Å². The van der Waals surface area contributed by atoms with Crippen LogP contribution in [-0.4, -0.2) is 48.0 Å². The Morgan fingerprint density at radius 3 is 2.47 bits per heavy atom. The van der Waals surface area contributed by atoms with Gasteiger partial charge in [0.15, 0.2) is 0 Å². The van der Waals surface area contributed by atoms with Gasteiger partial charge in [-0.3, -0.25) is 4.79 Å².